The predicted octanol–water partition coefficient (Wildman–Crippen LogP) is 3.39. The van der Waals surface area contributed by atoms with E-state index in [1.54, 1.807) is 31.5 Å². The average Bonchev–Trinajstić information content (AvgIpc) is 2.65. The maximum atomic E-state index is 12.4. The van der Waals surface area contributed by atoms with Crippen LogP contribution in [0, 0.1) is 10.8 Å². The molecule has 0 saturated carbocycles. The van der Waals surface area contributed by atoms with Crippen molar-refractivity contribution in [2.75, 3.05) is 7.05 Å². The van der Waals surface area contributed by atoms with Gasteiger partial charge in [0.15, 0.2) is 0 Å². The molecule has 4 N–H and O–H groups in total. The molecule has 1 fully saturated rings. The van der Waals surface area contributed by atoms with Gasteiger partial charge in [0.2, 0.25) is 0 Å². The summed E-state index contributed by atoms with van der Waals surface area (Å²) in [5, 5.41) is 32.0. The minimum atomic E-state index is -0.181. The lowest BCUT2D eigenvalue weighted by molar-refractivity contribution is 0.114. The van der Waals surface area contributed by atoms with Gasteiger partial charge < -0.3 is 25.3 Å². The lowest BCUT2D eigenvalue weighted by Crippen LogP contribution is -2.62. The molecule has 0 unspecified atom stereocenters. The number of phenols is 1. The summed E-state index contributed by atoms with van der Waals surface area (Å²) in [5.41, 5.74) is 0.0844. The second kappa shape index (κ2) is 7.96. The zero-order valence-electron chi connectivity index (χ0n) is 19.2. The van der Waals surface area contributed by atoms with E-state index < -0.39 is 0 Å². The number of aromatic nitrogens is 1. The number of benzene rings is 1. The van der Waals surface area contributed by atoms with Crippen LogP contribution < -0.4 is 10.9 Å². The fraction of sp³-hybridized carbons (Fsp3) is 0.458. The van der Waals surface area contributed by atoms with Gasteiger partial charge in [0.05, 0.1) is 5.71 Å². The van der Waals surface area contributed by atoms with Crippen molar-refractivity contribution >= 4 is 22.3 Å². The maximum Gasteiger partial charge on any atom is 0.258 e. The fourth-order valence-corrected chi connectivity index (χ4v) is 4.70. The summed E-state index contributed by atoms with van der Waals surface area (Å²) in [7, 11) is 3.58. The third-order valence-electron chi connectivity index (χ3n) is 5.99. The number of hydrogen-bond donors (Lipinski definition) is 4. The number of aromatic hydroxyl groups is 1. The monoisotopic (exact) mass is 423 g/mol. The molecule has 166 valence electrons. The van der Waals surface area contributed by atoms with Crippen molar-refractivity contribution in [3.63, 3.8) is 0 Å². The average molecular weight is 424 g/mol. The molecule has 1 aromatic carbocycles. The standard InChI is InChI=1S/C24H33N5O2/c1-23(2)13-16(14-24(3,4)27-23)29(6)21(26)8-7-19(25)18-12-17-15(11-20(18)30)9-10-28(5)22(17)31/h7-12,16,25-27,30H,13-14H2,1-6H3/b8-7-,25-19?,26-21?. The Hall–Kier alpha value is -2.93. The van der Waals surface area contributed by atoms with Crippen LogP contribution in [0.25, 0.3) is 10.8 Å². The van der Waals surface area contributed by atoms with Gasteiger partial charge in [0.1, 0.15) is 11.6 Å². The molecular weight excluding hydrogens is 390 g/mol. The molecule has 0 atom stereocenters. The van der Waals surface area contributed by atoms with Crippen molar-refractivity contribution in [3.8, 4) is 5.75 Å². The van der Waals surface area contributed by atoms with Crippen LogP contribution >= 0.6 is 0 Å². The van der Waals surface area contributed by atoms with E-state index in [9.17, 15) is 9.90 Å². The van der Waals surface area contributed by atoms with E-state index in [1.807, 2.05) is 11.9 Å². The van der Waals surface area contributed by atoms with E-state index in [1.165, 1.54) is 16.7 Å². The Morgan fingerprint density at radius 1 is 1.19 bits per heavy atom. The second-order valence-electron chi connectivity index (χ2n) is 9.89. The van der Waals surface area contributed by atoms with Crippen LogP contribution in [0.1, 0.15) is 46.1 Å². The van der Waals surface area contributed by atoms with Crippen LogP contribution in [0.15, 0.2) is 41.3 Å². The number of amidine groups is 1. The highest BCUT2D eigenvalue weighted by molar-refractivity contribution is 6.12. The molecule has 7 heteroatoms. The number of rotatable bonds is 4. The summed E-state index contributed by atoms with van der Waals surface area (Å²) >= 11 is 0. The van der Waals surface area contributed by atoms with E-state index in [2.05, 4.69) is 33.0 Å². The Bertz CT molecular complexity index is 1110. The topological polar surface area (TPSA) is 105 Å². The summed E-state index contributed by atoms with van der Waals surface area (Å²) < 4.78 is 1.47. The Labute approximate surface area is 183 Å². The Kier molecular flexibility index (Phi) is 5.84. The first-order chi connectivity index (χ1) is 14.3. The van der Waals surface area contributed by atoms with Crippen LogP contribution in [0.2, 0.25) is 0 Å². The van der Waals surface area contributed by atoms with Gasteiger partial charge in [-0.15, -0.1) is 0 Å². The Morgan fingerprint density at radius 3 is 2.42 bits per heavy atom. The number of likely N-dealkylation sites (N-methyl/N-ethyl adjacent to an activating group) is 1. The second-order valence-corrected chi connectivity index (χ2v) is 9.89. The van der Waals surface area contributed by atoms with Crippen LogP contribution in [0.4, 0.5) is 0 Å². The van der Waals surface area contributed by atoms with Gasteiger partial charge in [0.25, 0.3) is 5.56 Å². The van der Waals surface area contributed by atoms with E-state index in [4.69, 9.17) is 10.8 Å². The molecule has 3 rings (SSSR count). The number of aryl methyl sites for hydroxylation is 1. The molecule has 1 aromatic heterocycles. The zero-order chi connectivity index (χ0) is 23.1. The molecule has 1 saturated heterocycles. The van der Waals surface area contributed by atoms with Gasteiger partial charge in [-0.3, -0.25) is 10.2 Å². The van der Waals surface area contributed by atoms with Gasteiger partial charge in [-0.25, -0.2) is 0 Å². The molecule has 1 aliphatic heterocycles. The highest BCUT2D eigenvalue weighted by Crippen LogP contribution is 2.31. The molecule has 0 spiro atoms. The van der Waals surface area contributed by atoms with Crippen LogP contribution in [0.5, 0.6) is 5.75 Å². The van der Waals surface area contributed by atoms with Gasteiger partial charge >= 0.3 is 0 Å². The van der Waals surface area contributed by atoms with Crippen molar-refractivity contribution in [3.05, 3.63) is 52.5 Å². The Morgan fingerprint density at radius 2 is 1.81 bits per heavy atom. The number of nitrogens with zero attached hydrogens (tertiary/aromatic N) is 2. The van der Waals surface area contributed by atoms with Gasteiger partial charge in [0, 0.05) is 48.4 Å². The highest BCUT2D eigenvalue weighted by atomic mass is 16.3. The molecule has 0 bridgehead atoms. The predicted molar refractivity (Wildman–Crippen MR) is 127 cm³/mol. The molecule has 2 aromatic rings. The van der Waals surface area contributed by atoms with Crippen molar-refractivity contribution in [2.24, 2.45) is 7.05 Å². The molecule has 0 radical (unpaired) electrons. The minimum Gasteiger partial charge on any atom is -0.507 e. The number of nitrogens with one attached hydrogen (secondary N) is 3. The third kappa shape index (κ3) is 4.88. The smallest absolute Gasteiger partial charge is 0.258 e. The summed E-state index contributed by atoms with van der Waals surface area (Å²) in [6.07, 6.45) is 6.56. The maximum absolute atomic E-state index is 12.4. The summed E-state index contributed by atoms with van der Waals surface area (Å²) in [6.45, 7) is 8.71. The molecular formula is C24H33N5O2. The first kappa shape index (κ1) is 22.7. The van der Waals surface area contributed by atoms with Crippen molar-refractivity contribution in [1.82, 2.24) is 14.8 Å². The summed E-state index contributed by atoms with van der Waals surface area (Å²) in [6, 6.07) is 5.01. The lowest BCUT2D eigenvalue weighted by atomic mass is 9.79. The molecule has 31 heavy (non-hydrogen) atoms. The van der Waals surface area contributed by atoms with E-state index in [0.717, 1.165) is 12.8 Å². The van der Waals surface area contributed by atoms with Gasteiger partial charge in [-0.1, -0.05) is 0 Å². The van der Waals surface area contributed by atoms with Crippen molar-refractivity contribution in [2.45, 2.75) is 57.7 Å². The molecule has 0 amide bonds. The van der Waals surface area contributed by atoms with Gasteiger partial charge in [-0.05, 0) is 76.3 Å². The number of allylic oxidation sites excluding steroid dienone is 1. The first-order valence-electron chi connectivity index (χ1n) is 10.5. The van der Waals surface area contributed by atoms with Crippen LogP contribution in [-0.2, 0) is 7.05 Å². The molecule has 0 aliphatic carbocycles. The molecule has 7 nitrogen and oxygen atoms in total. The SMILES string of the molecule is CN(C(=N)/C=C\C(=N)c1cc2c(=O)n(C)ccc2cc1O)C1CC(C)(C)NC(C)(C)C1. The highest BCUT2D eigenvalue weighted by Gasteiger charge is 2.39. The number of fused-ring (bicyclic) bond motifs is 1. The number of pyridine rings is 1. The molecule has 2 heterocycles. The van der Waals surface area contributed by atoms with Gasteiger partial charge in [-0.2, -0.15) is 0 Å². The number of piperidine rings is 1. The lowest BCUT2D eigenvalue weighted by Gasteiger charge is -2.49. The Balaban J connectivity index is 1.81. The number of hydrogen-bond acceptors (Lipinski definition) is 5. The summed E-state index contributed by atoms with van der Waals surface area (Å²) in [5.74, 6) is 0.247. The first-order valence-corrected chi connectivity index (χ1v) is 10.5. The molecule has 1 aliphatic rings. The van der Waals surface area contributed by atoms with Crippen LogP contribution in [-0.4, -0.2) is 50.3 Å². The quantitative estimate of drug-likeness (QED) is 0.447. The fourth-order valence-electron chi connectivity index (χ4n) is 4.70. The minimum absolute atomic E-state index is 0.0273. The van der Waals surface area contributed by atoms with E-state index in [-0.39, 0.29) is 39.7 Å². The normalized spacial score (nSPS) is 18.4. The van der Waals surface area contributed by atoms with Crippen molar-refractivity contribution in [1.29, 1.82) is 10.8 Å². The third-order valence-corrected chi connectivity index (χ3v) is 5.99. The zero-order valence-corrected chi connectivity index (χ0v) is 19.2. The number of phenolic OH excluding ortho intramolecular Hbond substituents is 1. The van der Waals surface area contributed by atoms with E-state index >= 15 is 0 Å². The van der Waals surface area contributed by atoms with Crippen molar-refractivity contribution < 1.29 is 5.11 Å². The van der Waals surface area contributed by atoms with Crippen LogP contribution in [0.3, 0.4) is 0 Å². The van der Waals surface area contributed by atoms with E-state index in [0.29, 0.717) is 16.6 Å². The summed E-state index contributed by atoms with van der Waals surface area (Å²) in [4.78, 5) is 14.3. The largest absolute Gasteiger partial charge is 0.507 e.